The van der Waals surface area contributed by atoms with Crippen molar-refractivity contribution in [2.45, 2.75) is 19.0 Å². The van der Waals surface area contributed by atoms with Crippen LogP contribution in [0.4, 0.5) is 21.9 Å². The third-order valence-corrected chi connectivity index (χ3v) is 6.70. The number of anilines is 2. The van der Waals surface area contributed by atoms with Gasteiger partial charge in [0.15, 0.2) is 9.84 Å². The van der Waals surface area contributed by atoms with Crippen molar-refractivity contribution in [3.05, 3.63) is 64.2 Å². The molecule has 0 N–H and O–H groups in total. The summed E-state index contributed by atoms with van der Waals surface area (Å²) >= 11 is 0. The second-order valence-electron chi connectivity index (χ2n) is 6.85. The lowest BCUT2D eigenvalue weighted by molar-refractivity contribution is -0.384. The van der Waals surface area contributed by atoms with Crippen LogP contribution in [0.5, 0.6) is 0 Å². The number of carbonyl (C=O) groups excluding carboxylic acids is 1. The summed E-state index contributed by atoms with van der Waals surface area (Å²) in [6.45, 7) is 1.92. The molecule has 27 heavy (non-hydrogen) atoms. The first-order valence-electron chi connectivity index (χ1n) is 8.41. The molecule has 8 nitrogen and oxygen atoms in total. The Morgan fingerprint density at radius 3 is 2.19 bits per heavy atom. The molecule has 140 valence electrons. The van der Waals surface area contributed by atoms with Gasteiger partial charge >= 0.3 is 6.03 Å². The van der Waals surface area contributed by atoms with Crippen molar-refractivity contribution in [3.8, 4) is 0 Å². The Morgan fingerprint density at radius 2 is 1.59 bits per heavy atom. The van der Waals surface area contributed by atoms with Gasteiger partial charge in [0.25, 0.3) is 5.69 Å². The van der Waals surface area contributed by atoms with E-state index in [-0.39, 0.29) is 23.2 Å². The largest absolute Gasteiger partial charge is 0.329 e. The second-order valence-corrected chi connectivity index (χ2v) is 9.00. The van der Waals surface area contributed by atoms with Gasteiger partial charge in [-0.25, -0.2) is 13.2 Å². The fourth-order valence-corrected chi connectivity index (χ4v) is 5.69. The molecule has 0 unspecified atom stereocenters. The van der Waals surface area contributed by atoms with E-state index in [2.05, 4.69) is 0 Å². The highest BCUT2D eigenvalue weighted by molar-refractivity contribution is 7.91. The minimum atomic E-state index is -3.31. The monoisotopic (exact) mass is 387 g/mol. The quantitative estimate of drug-likeness (QED) is 0.458. The maximum atomic E-state index is 13.2. The Kier molecular flexibility index (Phi) is 3.92. The normalized spacial score (nSPS) is 23.5. The lowest BCUT2D eigenvalue weighted by Crippen LogP contribution is -2.37. The number of nitro benzene ring substituents is 1. The lowest BCUT2D eigenvalue weighted by Gasteiger charge is -2.22. The van der Waals surface area contributed by atoms with Crippen LogP contribution in [0.15, 0.2) is 48.5 Å². The summed E-state index contributed by atoms with van der Waals surface area (Å²) in [5.41, 5.74) is 1.82. The first-order chi connectivity index (χ1) is 12.8. The Hall–Kier alpha value is -2.94. The van der Waals surface area contributed by atoms with Crippen LogP contribution in [0.1, 0.15) is 5.56 Å². The second kappa shape index (κ2) is 6.05. The molecule has 0 aliphatic carbocycles. The minimum absolute atomic E-state index is 0.122. The zero-order valence-corrected chi connectivity index (χ0v) is 15.3. The first-order valence-corrected chi connectivity index (χ1v) is 10.2. The van der Waals surface area contributed by atoms with Gasteiger partial charge in [-0.15, -0.1) is 0 Å². The number of hydrogen-bond acceptors (Lipinski definition) is 5. The zero-order valence-electron chi connectivity index (χ0n) is 14.5. The number of urea groups is 1. The maximum Gasteiger partial charge on any atom is 0.329 e. The summed E-state index contributed by atoms with van der Waals surface area (Å²) in [5, 5.41) is 11.1. The molecule has 9 heteroatoms. The predicted octanol–water partition coefficient (Wildman–Crippen LogP) is 2.52. The molecular weight excluding hydrogens is 370 g/mol. The summed E-state index contributed by atoms with van der Waals surface area (Å²) in [4.78, 5) is 26.6. The van der Waals surface area contributed by atoms with Crippen molar-refractivity contribution in [3.63, 3.8) is 0 Å². The van der Waals surface area contributed by atoms with Gasteiger partial charge < -0.3 is 0 Å². The topological polar surface area (TPSA) is 101 Å². The Balaban J connectivity index is 1.80. The van der Waals surface area contributed by atoms with Crippen molar-refractivity contribution in [2.24, 2.45) is 0 Å². The van der Waals surface area contributed by atoms with E-state index in [9.17, 15) is 23.3 Å². The van der Waals surface area contributed by atoms with Gasteiger partial charge in [0.1, 0.15) is 0 Å². The molecule has 2 aromatic rings. The van der Waals surface area contributed by atoms with Gasteiger partial charge in [-0.2, -0.15) is 0 Å². The Labute approximate surface area is 156 Å². The summed E-state index contributed by atoms with van der Waals surface area (Å²) in [6.07, 6.45) is 0. The average molecular weight is 387 g/mol. The fourth-order valence-electron chi connectivity index (χ4n) is 3.77. The van der Waals surface area contributed by atoms with Crippen LogP contribution in [-0.2, 0) is 9.84 Å². The molecule has 0 radical (unpaired) electrons. The van der Waals surface area contributed by atoms with Gasteiger partial charge in [0.2, 0.25) is 0 Å². The van der Waals surface area contributed by atoms with E-state index >= 15 is 0 Å². The average Bonchev–Trinajstić information content (AvgIpc) is 3.04. The smallest absolute Gasteiger partial charge is 0.288 e. The number of nitrogens with zero attached hydrogens (tertiary/aromatic N) is 3. The SMILES string of the molecule is Cc1ccc(N2C(=O)N(c3cccc([N+](=O)[O-])c3)[C@H]3CS(=O)(=O)C[C@H]32)cc1. The number of carbonyl (C=O) groups is 1. The summed E-state index contributed by atoms with van der Waals surface area (Å²) < 4.78 is 24.5. The number of fused-ring (bicyclic) bond motifs is 1. The van der Waals surface area contributed by atoms with Gasteiger partial charge in [-0.05, 0) is 25.1 Å². The lowest BCUT2D eigenvalue weighted by atomic mass is 10.1. The Morgan fingerprint density at radius 1 is 1.00 bits per heavy atom. The van der Waals surface area contributed by atoms with E-state index in [0.717, 1.165) is 5.56 Å². The van der Waals surface area contributed by atoms with E-state index in [1.165, 1.54) is 28.0 Å². The molecule has 2 fully saturated rings. The van der Waals surface area contributed by atoms with Crippen molar-refractivity contribution in [1.29, 1.82) is 0 Å². The van der Waals surface area contributed by atoms with E-state index < -0.39 is 26.8 Å². The highest BCUT2D eigenvalue weighted by Crippen LogP contribution is 2.38. The van der Waals surface area contributed by atoms with Crippen LogP contribution >= 0.6 is 0 Å². The molecular formula is C18H17N3O5S. The number of hydrogen-bond donors (Lipinski definition) is 0. The number of rotatable bonds is 3. The molecule has 2 heterocycles. The number of non-ortho nitro benzene ring substituents is 1. The molecule has 2 aliphatic rings. The number of nitro groups is 1. The third kappa shape index (κ3) is 2.93. The number of aryl methyl sites for hydroxylation is 1. The molecule has 0 saturated carbocycles. The molecule has 2 aliphatic heterocycles. The van der Waals surface area contributed by atoms with Crippen LogP contribution in [0.2, 0.25) is 0 Å². The van der Waals surface area contributed by atoms with Gasteiger partial charge in [0, 0.05) is 17.8 Å². The molecule has 4 rings (SSSR count). The molecule has 2 saturated heterocycles. The van der Waals surface area contributed by atoms with Crippen molar-refractivity contribution in [1.82, 2.24) is 0 Å². The Bertz CT molecular complexity index is 1040. The van der Waals surface area contributed by atoms with E-state index in [1.54, 1.807) is 18.2 Å². The summed E-state index contributed by atoms with van der Waals surface area (Å²) in [6, 6.07) is 11.5. The van der Waals surface area contributed by atoms with E-state index in [1.807, 2.05) is 19.1 Å². The maximum absolute atomic E-state index is 13.2. The number of benzene rings is 2. The molecule has 0 bridgehead atoms. The van der Waals surface area contributed by atoms with E-state index in [4.69, 9.17) is 0 Å². The number of sulfone groups is 1. The molecule has 0 spiro atoms. The highest BCUT2D eigenvalue weighted by Gasteiger charge is 2.54. The standard InChI is InChI=1S/C18H17N3O5S/c1-12-5-7-13(8-6-12)19-16-10-27(25,26)11-17(16)20(18(19)22)14-3-2-4-15(9-14)21(23)24/h2-9,16-17H,10-11H2,1H3/t16-,17+/m1/s1. The van der Waals surface area contributed by atoms with Crippen LogP contribution in [0.3, 0.4) is 0 Å². The molecule has 2 aromatic carbocycles. The highest BCUT2D eigenvalue weighted by atomic mass is 32.2. The van der Waals surface area contributed by atoms with Gasteiger partial charge in [0.05, 0.1) is 34.2 Å². The molecule has 2 atom stereocenters. The molecule has 0 aromatic heterocycles. The van der Waals surface area contributed by atoms with Crippen molar-refractivity contribution >= 4 is 32.9 Å². The van der Waals surface area contributed by atoms with Crippen molar-refractivity contribution in [2.75, 3.05) is 21.3 Å². The predicted molar refractivity (Wildman–Crippen MR) is 101 cm³/mol. The minimum Gasteiger partial charge on any atom is -0.288 e. The van der Waals surface area contributed by atoms with Crippen LogP contribution in [-0.4, -0.2) is 43.0 Å². The van der Waals surface area contributed by atoms with Gasteiger partial charge in [-0.3, -0.25) is 19.9 Å². The van der Waals surface area contributed by atoms with E-state index in [0.29, 0.717) is 11.4 Å². The van der Waals surface area contributed by atoms with Crippen LogP contribution in [0.25, 0.3) is 0 Å². The first kappa shape index (κ1) is 17.5. The van der Waals surface area contributed by atoms with Crippen molar-refractivity contribution < 1.29 is 18.1 Å². The zero-order chi connectivity index (χ0) is 19.3. The van der Waals surface area contributed by atoms with Gasteiger partial charge in [-0.1, -0.05) is 23.8 Å². The third-order valence-electron chi connectivity index (χ3n) is 5.00. The number of amides is 2. The summed E-state index contributed by atoms with van der Waals surface area (Å²) in [5.74, 6) is -0.281. The van der Waals surface area contributed by atoms with Crippen LogP contribution < -0.4 is 9.80 Å². The summed E-state index contributed by atoms with van der Waals surface area (Å²) in [7, 11) is -3.31. The fraction of sp³-hybridized carbons (Fsp3) is 0.278. The van der Waals surface area contributed by atoms with Crippen LogP contribution in [0, 0.1) is 17.0 Å². The molecule has 2 amide bonds.